The average molecular weight is 254 g/mol. The van der Waals surface area contributed by atoms with Crippen LogP contribution in [0.5, 0.6) is 0 Å². The van der Waals surface area contributed by atoms with Gasteiger partial charge in [0, 0.05) is 12.3 Å². The van der Waals surface area contributed by atoms with Crippen LogP contribution in [0.25, 0.3) is 0 Å². The minimum atomic E-state index is -3.76. The molecule has 15 heavy (non-hydrogen) atoms. The number of sulfone groups is 1. The van der Waals surface area contributed by atoms with Crippen molar-refractivity contribution in [1.29, 1.82) is 5.26 Å². The van der Waals surface area contributed by atoms with Crippen molar-refractivity contribution in [2.24, 2.45) is 0 Å². The molecule has 0 amide bonds. The molecule has 1 N–H and O–H groups in total. The predicted octanol–water partition coefficient (Wildman–Crippen LogP) is -0.749. The van der Waals surface area contributed by atoms with Crippen molar-refractivity contribution in [3.63, 3.8) is 0 Å². The number of sulfonamides is 1. The van der Waals surface area contributed by atoms with Crippen LogP contribution in [0.3, 0.4) is 0 Å². The maximum Gasteiger partial charge on any atom is 0.227 e. The zero-order valence-electron chi connectivity index (χ0n) is 8.76. The standard InChI is InChI=1S/C7H14N2O4S2/c1-6(5-14(3,10)11)9-15(12,13)7(2)4-8/h6-7,9H,5H2,1-3H3. The molecule has 0 saturated carbocycles. The van der Waals surface area contributed by atoms with Crippen molar-refractivity contribution < 1.29 is 16.8 Å². The molecule has 0 aliphatic heterocycles. The highest BCUT2D eigenvalue weighted by atomic mass is 32.2. The third-order valence-electron chi connectivity index (χ3n) is 1.57. The topological polar surface area (TPSA) is 104 Å². The van der Waals surface area contributed by atoms with E-state index in [4.69, 9.17) is 5.26 Å². The number of rotatable bonds is 5. The molecule has 2 unspecified atom stereocenters. The van der Waals surface area contributed by atoms with Gasteiger partial charge in [0.25, 0.3) is 0 Å². The van der Waals surface area contributed by atoms with Crippen LogP contribution in [0.2, 0.25) is 0 Å². The first-order valence-electron chi connectivity index (χ1n) is 4.17. The van der Waals surface area contributed by atoms with E-state index in [1.54, 1.807) is 6.07 Å². The molecule has 8 heteroatoms. The summed E-state index contributed by atoms with van der Waals surface area (Å²) in [5, 5.41) is 7.23. The van der Waals surface area contributed by atoms with E-state index in [0.29, 0.717) is 0 Å². The molecule has 6 nitrogen and oxygen atoms in total. The summed E-state index contributed by atoms with van der Waals surface area (Å²) in [7, 11) is -7.00. The highest BCUT2D eigenvalue weighted by molar-refractivity contribution is 7.91. The number of nitrogens with zero attached hydrogens (tertiary/aromatic N) is 1. The Morgan fingerprint density at radius 2 is 1.73 bits per heavy atom. The van der Waals surface area contributed by atoms with Crippen molar-refractivity contribution in [1.82, 2.24) is 4.72 Å². The first-order chi connectivity index (χ1) is 6.58. The summed E-state index contributed by atoms with van der Waals surface area (Å²) in [5.41, 5.74) is 0. The predicted molar refractivity (Wildman–Crippen MR) is 56.3 cm³/mol. The Kier molecular flexibility index (Phi) is 4.70. The summed E-state index contributed by atoms with van der Waals surface area (Å²) in [4.78, 5) is 0. The minimum Gasteiger partial charge on any atom is -0.229 e. The van der Waals surface area contributed by atoms with E-state index in [9.17, 15) is 16.8 Å². The number of hydrogen-bond acceptors (Lipinski definition) is 5. The zero-order chi connectivity index (χ0) is 12.3. The van der Waals surface area contributed by atoms with Crippen molar-refractivity contribution in [3.05, 3.63) is 0 Å². The monoisotopic (exact) mass is 254 g/mol. The molecule has 0 aliphatic carbocycles. The van der Waals surface area contributed by atoms with E-state index in [1.165, 1.54) is 13.8 Å². The Labute approximate surface area is 90.3 Å². The van der Waals surface area contributed by atoms with Crippen LogP contribution in [0, 0.1) is 11.3 Å². The fourth-order valence-corrected chi connectivity index (χ4v) is 3.02. The highest BCUT2D eigenvalue weighted by Gasteiger charge is 2.23. The van der Waals surface area contributed by atoms with Gasteiger partial charge in [-0.2, -0.15) is 5.26 Å². The summed E-state index contributed by atoms with van der Waals surface area (Å²) in [6.07, 6.45) is 1.02. The zero-order valence-corrected chi connectivity index (χ0v) is 10.4. The lowest BCUT2D eigenvalue weighted by molar-refractivity contribution is 0.561. The molecule has 0 rings (SSSR count). The van der Waals surface area contributed by atoms with Crippen LogP contribution in [0.15, 0.2) is 0 Å². The molecule has 0 radical (unpaired) electrons. The number of nitriles is 1. The lowest BCUT2D eigenvalue weighted by Crippen LogP contribution is -2.41. The smallest absolute Gasteiger partial charge is 0.227 e. The van der Waals surface area contributed by atoms with E-state index < -0.39 is 31.2 Å². The van der Waals surface area contributed by atoms with Crippen LogP contribution >= 0.6 is 0 Å². The Morgan fingerprint density at radius 1 is 1.27 bits per heavy atom. The molecule has 0 aliphatic rings. The maximum absolute atomic E-state index is 11.3. The SMILES string of the molecule is CC(CS(C)(=O)=O)NS(=O)(=O)C(C)C#N. The summed E-state index contributed by atoms with van der Waals surface area (Å²) < 4.78 is 46.5. The quantitative estimate of drug-likeness (QED) is 0.695. The second kappa shape index (κ2) is 4.92. The molecule has 0 bridgehead atoms. The van der Waals surface area contributed by atoms with Gasteiger partial charge in [-0.25, -0.2) is 21.6 Å². The van der Waals surface area contributed by atoms with Crippen LogP contribution in [0.1, 0.15) is 13.8 Å². The second-order valence-electron chi connectivity index (χ2n) is 3.43. The largest absolute Gasteiger partial charge is 0.229 e. The van der Waals surface area contributed by atoms with Gasteiger partial charge in [-0.1, -0.05) is 0 Å². The lowest BCUT2D eigenvalue weighted by Gasteiger charge is -2.13. The van der Waals surface area contributed by atoms with Crippen LogP contribution in [-0.2, 0) is 19.9 Å². The molecule has 0 spiro atoms. The molecule has 0 aromatic heterocycles. The highest BCUT2D eigenvalue weighted by Crippen LogP contribution is 1.99. The molecule has 88 valence electrons. The molecule has 0 aromatic carbocycles. The van der Waals surface area contributed by atoms with E-state index in [-0.39, 0.29) is 5.75 Å². The van der Waals surface area contributed by atoms with Gasteiger partial charge in [-0.15, -0.1) is 0 Å². The fourth-order valence-electron chi connectivity index (χ4n) is 0.940. The second-order valence-corrected chi connectivity index (χ2v) is 7.65. The van der Waals surface area contributed by atoms with E-state index in [0.717, 1.165) is 6.26 Å². The van der Waals surface area contributed by atoms with Crippen molar-refractivity contribution in [2.45, 2.75) is 25.1 Å². The van der Waals surface area contributed by atoms with Crippen molar-refractivity contribution in [2.75, 3.05) is 12.0 Å². The summed E-state index contributed by atoms with van der Waals surface area (Å²) in [6.45, 7) is 2.66. The molecule has 0 aromatic rings. The Hall–Kier alpha value is -0.650. The molecule has 0 saturated heterocycles. The normalized spacial score (nSPS) is 16.7. The molecule has 0 heterocycles. The van der Waals surface area contributed by atoms with Gasteiger partial charge in [0.15, 0.2) is 5.25 Å². The van der Waals surface area contributed by atoms with E-state index in [1.807, 2.05) is 0 Å². The molecule has 2 atom stereocenters. The summed E-state index contributed by atoms with van der Waals surface area (Å²) in [5.74, 6) is -0.287. The van der Waals surface area contributed by atoms with Gasteiger partial charge in [-0.3, -0.25) is 0 Å². The first kappa shape index (κ1) is 14.3. The van der Waals surface area contributed by atoms with Crippen LogP contribution in [-0.4, -0.2) is 40.1 Å². The number of hydrogen-bond donors (Lipinski definition) is 1. The Morgan fingerprint density at radius 3 is 2.07 bits per heavy atom. The van der Waals surface area contributed by atoms with Gasteiger partial charge in [0.2, 0.25) is 10.0 Å². The minimum absolute atomic E-state index is 0.287. The van der Waals surface area contributed by atoms with Gasteiger partial charge < -0.3 is 0 Å². The van der Waals surface area contributed by atoms with Gasteiger partial charge in [0.05, 0.1) is 11.8 Å². The van der Waals surface area contributed by atoms with E-state index >= 15 is 0 Å². The van der Waals surface area contributed by atoms with Gasteiger partial charge >= 0.3 is 0 Å². The van der Waals surface area contributed by atoms with Crippen molar-refractivity contribution in [3.8, 4) is 6.07 Å². The van der Waals surface area contributed by atoms with Crippen LogP contribution < -0.4 is 4.72 Å². The lowest BCUT2D eigenvalue weighted by atomic mass is 10.4. The average Bonchev–Trinajstić information content (AvgIpc) is 1.97. The van der Waals surface area contributed by atoms with Gasteiger partial charge in [-0.05, 0) is 13.8 Å². The molecular formula is C7H14N2O4S2. The third kappa shape index (κ3) is 5.71. The maximum atomic E-state index is 11.3. The first-order valence-corrected chi connectivity index (χ1v) is 7.77. The Bertz CT molecular complexity index is 446. The van der Waals surface area contributed by atoms with Crippen LogP contribution in [0.4, 0.5) is 0 Å². The molecular weight excluding hydrogens is 240 g/mol. The third-order valence-corrected chi connectivity index (χ3v) is 4.44. The summed E-state index contributed by atoms with van der Waals surface area (Å²) >= 11 is 0. The van der Waals surface area contributed by atoms with E-state index in [2.05, 4.69) is 4.72 Å². The van der Waals surface area contributed by atoms with Gasteiger partial charge in [0.1, 0.15) is 9.84 Å². The number of nitrogens with one attached hydrogen (secondary N) is 1. The fraction of sp³-hybridized carbons (Fsp3) is 0.857. The summed E-state index contributed by atoms with van der Waals surface area (Å²) in [6, 6.07) is 0.838. The van der Waals surface area contributed by atoms with Crippen molar-refractivity contribution >= 4 is 19.9 Å². The Balaban J connectivity index is 4.58. The molecule has 0 fully saturated rings.